The first-order valence-corrected chi connectivity index (χ1v) is 5.89. The maximum atomic E-state index is 11.3. The number of aromatic nitrogens is 1. The average Bonchev–Trinajstić information content (AvgIpc) is 2.17. The average molecular weight is 245 g/mol. The molecule has 3 N–H and O–H groups in total. The second-order valence-corrected chi connectivity index (χ2v) is 4.34. The second kappa shape index (κ2) is 4.90. The Morgan fingerprint density at radius 2 is 2.19 bits per heavy atom. The van der Waals surface area contributed by atoms with Crippen molar-refractivity contribution in [3.8, 4) is 0 Å². The normalized spacial score (nSPS) is 11.1. The second-order valence-electron chi connectivity index (χ2n) is 2.84. The predicted octanol–water partition coefficient (Wildman–Crippen LogP) is 0.0460. The Balaban J connectivity index is 2.80. The molecule has 0 spiro atoms. The van der Waals surface area contributed by atoms with Crippen molar-refractivity contribution in [2.75, 3.05) is 11.3 Å². The maximum Gasteiger partial charge on any atom is 0.354 e. The van der Waals surface area contributed by atoms with Crippen LogP contribution in [0, 0.1) is 0 Å². The Labute approximate surface area is 92.7 Å². The smallest absolute Gasteiger partial charge is 0.354 e. The van der Waals surface area contributed by atoms with Crippen molar-refractivity contribution in [3.63, 3.8) is 0 Å². The minimum Gasteiger partial charge on any atom is -0.477 e. The molecule has 0 amide bonds. The van der Waals surface area contributed by atoms with Crippen molar-refractivity contribution in [1.82, 2.24) is 9.71 Å². The quantitative estimate of drug-likeness (QED) is 0.679. The third kappa shape index (κ3) is 3.48. The topological polar surface area (TPSA) is 108 Å². The van der Waals surface area contributed by atoms with E-state index in [0.717, 1.165) is 6.20 Å². The van der Waals surface area contributed by atoms with Gasteiger partial charge in [-0.1, -0.05) is 6.92 Å². The zero-order valence-corrected chi connectivity index (χ0v) is 9.28. The Bertz CT molecular complexity index is 469. The molecule has 0 radical (unpaired) electrons. The number of carboxylic acid groups (broad SMARTS) is 1. The fourth-order valence-corrected chi connectivity index (χ4v) is 1.85. The Hall–Kier alpha value is -1.67. The predicted molar refractivity (Wildman–Crippen MR) is 57.4 cm³/mol. The number of nitrogens with one attached hydrogen (secondary N) is 2. The summed E-state index contributed by atoms with van der Waals surface area (Å²) in [6.45, 7) is 1.90. The van der Waals surface area contributed by atoms with Crippen molar-refractivity contribution in [1.29, 1.82) is 0 Å². The zero-order chi connectivity index (χ0) is 12.2. The molecular formula is C8H11N3O4S. The Morgan fingerprint density at radius 1 is 1.50 bits per heavy atom. The minimum atomic E-state index is -3.61. The molecule has 88 valence electrons. The SMILES string of the molecule is CCNS(=O)(=O)Nc1ccc(C(=O)O)nc1. The number of carboxylic acids is 1. The highest BCUT2D eigenvalue weighted by molar-refractivity contribution is 7.90. The van der Waals surface area contributed by atoms with Gasteiger partial charge in [0.1, 0.15) is 5.69 Å². The zero-order valence-electron chi connectivity index (χ0n) is 8.47. The summed E-state index contributed by atoms with van der Waals surface area (Å²) < 4.78 is 26.9. The van der Waals surface area contributed by atoms with Gasteiger partial charge in [0.15, 0.2) is 0 Å². The van der Waals surface area contributed by atoms with Crippen LogP contribution in [0.5, 0.6) is 0 Å². The van der Waals surface area contributed by atoms with Gasteiger partial charge in [0.2, 0.25) is 0 Å². The molecule has 7 nitrogen and oxygen atoms in total. The lowest BCUT2D eigenvalue weighted by Gasteiger charge is -2.07. The van der Waals surface area contributed by atoms with Crippen molar-refractivity contribution in [2.45, 2.75) is 6.92 Å². The van der Waals surface area contributed by atoms with E-state index >= 15 is 0 Å². The molecule has 0 aromatic carbocycles. The van der Waals surface area contributed by atoms with Crippen LogP contribution >= 0.6 is 0 Å². The van der Waals surface area contributed by atoms with Crippen LogP contribution in [0.3, 0.4) is 0 Å². The lowest BCUT2D eigenvalue weighted by molar-refractivity contribution is 0.0690. The van der Waals surface area contributed by atoms with Gasteiger partial charge in [-0.2, -0.15) is 13.1 Å². The molecular weight excluding hydrogens is 234 g/mol. The molecule has 0 atom stereocenters. The van der Waals surface area contributed by atoms with E-state index < -0.39 is 16.2 Å². The molecule has 1 rings (SSSR count). The number of pyridine rings is 1. The van der Waals surface area contributed by atoms with Gasteiger partial charge in [0.25, 0.3) is 10.2 Å². The van der Waals surface area contributed by atoms with Gasteiger partial charge >= 0.3 is 5.97 Å². The first-order chi connectivity index (χ1) is 7.44. The van der Waals surface area contributed by atoms with Gasteiger partial charge in [0, 0.05) is 6.54 Å². The molecule has 0 unspecified atom stereocenters. The highest BCUT2D eigenvalue weighted by Crippen LogP contribution is 2.07. The van der Waals surface area contributed by atoms with Crippen LogP contribution in [0.15, 0.2) is 18.3 Å². The van der Waals surface area contributed by atoms with E-state index in [-0.39, 0.29) is 17.9 Å². The summed E-state index contributed by atoms with van der Waals surface area (Å²) in [6.07, 6.45) is 1.14. The summed E-state index contributed by atoms with van der Waals surface area (Å²) in [5.41, 5.74) is 0.0531. The molecule has 0 fully saturated rings. The lowest BCUT2D eigenvalue weighted by atomic mass is 10.3. The summed E-state index contributed by atoms with van der Waals surface area (Å²) in [6, 6.07) is 2.54. The van der Waals surface area contributed by atoms with Gasteiger partial charge in [-0.05, 0) is 12.1 Å². The maximum absolute atomic E-state index is 11.3. The summed E-state index contributed by atoms with van der Waals surface area (Å²) >= 11 is 0. The van der Waals surface area contributed by atoms with Crippen LogP contribution in [-0.4, -0.2) is 31.0 Å². The van der Waals surface area contributed by atoms with Crippen molar-refractivity contribution in [3.05, 3.63) is 24.0 Å². The monoisotopic (exact) mass is 245 g/mol. The number of anilines is 1. The van der Waals surface area contributed by atoms with Gasteiger partial charge in [0.05, 0.1) is 11.9 Å². The van der Waals surface area contributed by atoms with Crippen LogP contribution in [0.1, 0.15) is 17.4 Å². The van der Waals surface area contributed by atoms with Gasteiger partial charge in [-0.25, -0.2) is 9.78 Å². The molecule has 16 heavy (non-hydrogen) atoms. The summed E-state index contributed by atoms with van der Waals surface area (Å²) in [5, 5.41) is 8.58. The first kappa shape index (κ1) is 12.4. The van der Waals surface area contributed by atoms with Crippen LogP contribution in [0.25, 0.3) is 0 Å². The van der Waals surface area contributed by atoms with Crippen molar-refractivity contribution in [2.24, 2.45) is 0 Å². The van der Waals surface area contributed by atoms with Crippen LogP contribution < -0.4 is 9.44 Å². The fourth-order valence-electron chi connectivity index (χ4n) is 0.962. The van der Waals surface area contributed by atoms with E-state index in [4.69, 9.17) is 5.11 Å². The fraction of sp³-hybridized carbons (Fsp3) is 0.250. The standard InChI is InChI=1S/C8H11N3O4S/c1-2-10-16(14,15)11-6-3-4-7(8(12)13)9-5-6/h3-5,10-11H,2H2,1H3,(H,12,13). The Kier molecular flexibility index (Phi) is 3.80. The first-order valence-electron chi connectivity index (χ1n) is 4.41. The van der Waals surface area contributed by atoms with E-state index in [1.165, 1.54) is 12.1 Å². The summed E-state index contributed by atoms with van der Waals surface area (Å²) in [4.78, 5) is 14.1. The Morgan fingerprint density at radius 3 is 2.62 bits per heavy atom. The highest BCUT2D eigenvalue weighted by atomic mass is 32.2. The van der Waals surface area contributed by atoms with Gasteiger partial charge < -0.3 is 5.11 Å². The van der Waals surface area contributed by atoms with Crippen LogP contribution in [0.4, 0.5) is 5.69 Å². The molecule has 1 aromatic heterocycles. The molecule has 0 aliphatic heterocycles. The van der Waals surface area contributed by atoms with Crippen LogP contribution in [0.2, 0.25) is 0 Å². The molecule has 0 saturated carbocycles. The molecule has 1 aromatic rings. The number of hydrogen-bond acceptors (Lipinski definition) is 4. The number of rotatable bonds is 5. The number of aromatic carboxylic acids is 1. The molecule has 0 bridgehead atoms. The third-order valence-corrected chi connectivity index (χ3v) is 2.74. The largest absolute Gasteiger partial charge is 0.477 e. The molecule has 1 heterocycles. The molecule has 0 saturated heterocycles. The summed E-state index contributed by atoms with van der Waals surface area (Å²) in [5.74, 6) is -1.17. The molecule has 0 aliphatic carbocycles. The van der Waals surface area contributed by atoms with E-state index in [9.17, 15) is 13.2 Å². The summed E-state index contributed by atoms with van der Waals surface area (Å²) in [7, 11) is -3.61. The van der Waals surface area contributed by atoms with Crippen molar-refractivity contribution < 1.29 is 18.3 Å². The van der Waals surface area contributed by atoms with E-state index in [0.29, 0.717) is 0 Å². The number of carbonyl (C=O) groups is 1. The lowest BCUT2D eigenvalue weighted by Crippen LogP contribution is -2.29. The van der Waals surface area contributed by atoms with E-state index in [1.54, 1.807) is 6.92 Å². The van der Waals surface area contributed by atoms with Crippen molar-refractivity contribution >= 4 is 21.9 Å². The van der Waals surface area contributed by atoms with Gasteiger partial charge in [-0.3, -0.25) is 4.72 Å². The molecule has 0 aliphatic rings. The van der Waals surface area contributed by atoms with E-state index in [2.05, 4.69) is 14.4 Å². The van der Waals surface area contributed by atoms with Gasteiger partial charge in [-0.15, -0.1) is 0 Å². The minimum absolute atomic E-state index is 0.147. The number of nitrogens with zero attached hydrogens (tertiary/aromatic N) is 1. The third-order valence-electron chi connectivity index (χ3n) is 1.57. The highest BCUT2D eigenvalue weighted by Gasteiger charge is 2.09. The van der Waals surface area contributed by atoms with Crippen LogP contribution in [-0.2, 0) is 10.2 Å². The number of hydrogen-bond donors (Lipinski definition) is 3. The van der Waals surface area contributed by atoms with E-state index in [1.807, 2.05) is 0 Å². The molecule has 8 heteroatoms.